The number of rotatable bonds is 5. The molecule has 0 heteroatoms. The zero-order valence-corrected chi connectivity index (χ0v) is 81.3. The zero-order valence-electron chi connectivity index (χ0n) is 81.3. The first kappa shape index (κ1) is 102. The largest absolute Gasteiger partial charge is 0.0683 e. The highest BCUT2D eigenvalue weighted by Crippen LogP contribution is 2.42. The summed E-state index contributed by atoms with van der Waals surface area (Å²) in [5.74, 6) is 9.89. The molecule has 12 aromatic rings. The normalized spacial score (nSPS) is 19.8. The molecular weight excluding hydrogens is 1470 g/mol. The Morgan fingerprint density at radius 1 is 0.180 bits per heavy atom. The van der Waals surface area contributed by atoms with Gasteiger partial charge in [0.25, 0.3) is 0 Å². The fourth-order valence-electron chi connectivity index (χ4n) is 17.5. The number of hydrogen-bond acceptors (Lipinski definition) is 0. The van der Waals surface area contributed by atoms with Crippen molar-refractivity contribution < 1.29 is 0 Å². The SMILES string of the molecule is CC.CC.CC1CCC(C)CC1.CC1CCC(C2CCC(C)CC2)CC1.Cc1ccc(-c2ccc(C)cc2)cc1.Cc1ccc(C)c(C)c1.Cc1ccc(C)c(C)c1.Cc1ccc(C2CCC(C)CC2)cc1.Cc1ccc(C2CCC(C)CC2)cc1.Cc1ccc2ccccc2c1.Cc1cccc2ccccc12.Cc1ccccc1-c1ccccc1C. The highest BCUT2D eigenvalue weighted by molar-refractivity contribution is 5.85. The summed E-state index contributed by atoms with van der Waals surface area (Å²) in [5, 5.41) is 5.33. The van der Waals surface area contributed by atoms with E-state index in [1.54, 1.807) is 36.8 Å². The second kappa shape index (κ2) is 56.1. The van der Waals surface area contributed by atoms with Gasteiger partial charge in [0.05, 0.1) is 0 Å². The Morgan fingerprint density at radius 2 is 0.443 bits per heavy atom. The molecule has 654 valence electrons. The maximum Gasteiger partial charge on any atom is -0.0152 e. The molecule has 0 aliphatic heterocycles. The van der Waals surface area contributed by atoms with Gasteiger partial charge in [0.1, 0.15) is 0 Å². The average molecular weight is 1630 g/mol. The van der Waals surface area contributed by atoms with Crippen molar-refractivity contribution >= 4 is 21.5 Å². The molecule has 0 aromatic heterocycles. The van der Waals surface area contributed by atoms with Crippen LogP contribution in [0, 0.1) is 144 Å². The lowest BCUT2D eigenvalue weighted by Crippen LogP contribution is -2.24. The number of benzene rings is 12. The van der Waals surface area contributed by atoms with Crippen molar-refractivity contribution in [1.29, 1.82) is 0 Å². The Bertz CT molecular complexity index is 4530. The lowest BCUT2D eigenvalue weighted by Gasteiger charge is -2.36. The molecule has 0 spiro atoms. The van der Waals surface area contributed by atoms with Crippen LogP contribution in [0.15, 0.2) is 267 Å². The molecule has 12 aromatic carbocycles. The number of hydrogen-bond donors (Lipinski definition) is 0. The smallest absolute Gasteiger partial charge is 0.0152 e. The summed E-state index contributed by atoms with van der Waals surface area (Å²) >= 11 is 0. The van der Waals surface area contributed by atoms with Gasteiger partial charge in [-0.15, -0.1) is 0 Å². The third kappa shape index (κ3) is 37.3. The molecule has 0 amide bonds. The maximum atomic E-state index is 2.43. The van der Waals surface area contributed by atoms with E-state index in [0.29, 0.717) is 0 Å². The van der Waals surface area contributed by atoms with E-state index in [1.807, 2.05) is 27.7 Å². The van der Waals surface area contributed by atoms with Crippen LogP contribution in [0.5, 0.6) is 0 Å². The predicted molar refractivity (Wildman–Crippen MR) is 546 cm³/mol. The Balaban J connectivity index is 0.000000210. The Kier molecular flexibility index (Phi) is 46.9. The predicted octanol–water partition coefficient (Wildman–Crippen LogP) is 37.6. The van der Waals surface area contributed by atoms with Crippen LogP contribution >= 0.6 is 0 Å². The van der Waals surface area contributed by atoms with Crippen molar-refractivity contribution in [3.8, 4) is 22.3 Å². The highest BCUT2D eigenvalue weighted by Gasteiger charge is 2.29. The fourth-order valence-corrected chi connectivity index (χ4v) is 17.5. The van der Waals surface area contributed by atoms with E-state index in [4.69, 9.17) is 0 Å². The van der Waals surface area contributed by atoms with Crippen molar-refractivity contribution in [1.82, 2.24) is 0 Å². The monoisotopic (exact) mass is 1630 g/mol. The molecule has 5 aliphatic rings. The molecular formula is C122H166. The van der Waals surface area contributed by atoms with Crippen molar-refractivity contribution in [3.63, 3.8) is 0 Å². The van der Waals surface area contributed by atoms with Gasteiger partial charge in [-0.05, 0) is 301 Å². The first-order chi connectivity index (χ1) is 58.7. The summed E-state index contributed by atoms with van der Waals surface area (Å²) in [5.41, 5.74) is 27.3. The standard InChI is InChI=1S/C14H26.2C14H20.2C14H14.2C11H10.2C9H12.C8H16.2C2H6/c4*1-11-3-7-13(8-4-11)14-9-5-12(2)6-10-14;1-11-7-3-5-9-13(11)14-10-6-4-8-12(14)2;1-9-5-4-7-10-6-2-3-8-11(9)10;1-9-6-7-10-4-2-3-5-11(10)8-9;2*1-7-4-5-8(2)9(3)6-7;1-7-3-5-8(2)6-4-7;2*1-2/h11-14H,3-10H2,1-2H3;2*3-4,7-8,12,14H,5-6,9-10H2,1-2H3;2*3-10H,1-2H3;2*2-8H,1H3;2*4-6H,1-3H3;7-8H,3-6H2,1-2H3;2*1-2H3. The van der Waals surface area contributed by atoms with Crippen LogP contribution in [0.4, 0.5) is 0 Å². The van der Waals surface area contributed by atoms with E-state index in [2.05, 4.69) is 405 Å². The third-order valence-corrected chi connectivity index (χ3v) is 26.5. The first-order valence-corrected chi connectivity index (χ1v) is 48.1. The summed E-state index contributed by atoms with van der Waals surface area (Å²) < 4.78 is 0. The van der Waals surface area contributed by atoms with Gasteiger partial charge in [0.15, 0.2) is 0 Å². The summed E-state index contributed by atoms with van der Waals surface area (Å²) in [4.78, 5) is 0. The maximum absolute atomic E-state index is 2.43. The minimum Gasteiger partial charge on any atom is -0.0683 e. The topological polar surface area (TPSA) is 0 Å². The second-order valence-electron chi connectivity index (χ2n) is 37.3. The summed E-state index contributed by atoms with van der Waals surface area (Å²) in [6, 6.07) is 95.3. The lowest BCUT2D eigenvalue weighted by molar-refractivity contribution is 0.155. The molecule has 122 heavy (non-hydrogen) atoms. The lowest BCUT2D eigenvalue weighted by atomic mass is 9.70. The van der Waals surface area contributed by atoms with E-state index in [0.717, 1.165) is 59.2 Å². The molecule has 17 rings (SSSR count). The molecule has 0 unspecified atom stereocenters. The molecule has 0 bridgehead atoms. The van der Waals surface area contributed by atoms with E-state index in [-0.39, 0.29) is 0 Å². The van der Waals surface area contributed by atoms with Crippen LogP contribution in [-0.2, 0) is 0 Å². The zero-order chi connectivity index (χ0) is 88.9. The van der Waals surface area contributed by atoms with E-state index in [9.17, 15) is 0 Å². The number of fused-ring (bicyclic) bond motifs is 2. The number of aryl methyl sites for hydroxylation is 14. The van der Waals surface area contributed by atoms with Crippen molar-refractivity contribution in [2.75, 3.05) is 0 Å². The van der Waals surface area contributed by atoms with Gasteiger partial charge in [-0.25, -0.2) is 0 Å². The summed E-state index contributed by atoms with van der Waals surface area (Å²) in [6.45, 7) is 52.2. The highest BCUT2D eigenvalue weighted by atomic mass is 14.3. The average Bonchev–Trinajstić information content (AvgIpc) is 0.815. The molecule has 0 heterocycles. The van der Waals surface area contributed by atoms with Crippen LogP contribution in [0.1, 0.15) is 299 Å². The van der Waals surface area contributed by atoms with Gasteiger partial charge in [0, 0.05) is 0 Å². The van der Waals surface area contributed by atoms with Crippen LogP contribution < -0.4 is 0 Å². The molecule has 0 saturated heterocycles. The van der Waals surface area contributed by atoms with Gasteiger partial charge in [-0.3, -0.25) is 0 Å². The molecule has 5 fully saturated rings. The van der Waals surface area contributed by atoms with Gasteiger partial charge in [0.2, 0.25) is 0 Å². The van der Waals surface area contributed by atoms with Crippen molar-refractivity contribution in [2.45, 2.75) is 306 Å². The third-order valence-electron chi connectivity index (χ3n) is 26.5. The van der Waals surface area contributed by atoms with Crippen LogP contribution in [0.2, 0.25) is 0 Å². The first-order valence-electron chi connectivity index (χ1n) is 48.1. The van der Waals surface area contributed by atoms with Gasteiger partial charge < -0.3 is 0 Å². The molecule has 0 atom stereocenters. The molecule has 0 N–H and O–H groups in total. The molecule has 5 aliphatic carbocycles. The molecule has 0 nitrogen and oxygen atoms in total. The van der Waals surface area contributed by atoms with Gasteiger partial charge in [-0.2, -0.15) is 0 Å². The van der Waals surface area contributed by atoms with Crippen LogP contribution in [-0.4, -0.2) is 0 Å². The van der Waals surface area contributed by atoms with Crippen molar-refractivity contribution in [3.05, 3.63) is 356 Å². The molecule has 5 saturated carbocycles. The van der Waals surface area contributed by atoms with E-state index >= 15 is 0 Å². The second-order valence-corrected chi connectivity index (χ2v) is 37.3. The van der Waals surface area contributed by atoms with E-state index in [1.165, 1.54) is 224 Å². The van der Waals surface area contributed by atoms with Gasteiger partial charge in [-0.1, -0.05) is 452 Å². The van der Waals surface area contributed by atoms with Crippen LogP contribution in [0.25, 0.3) is 43.8 Å². The molecule has 0 radical (unpaired) electrons. The minimum absolute atomic E-state index is 0.840. The fraction of sp³-hybridized carbons (Fsp3) is 0.443. The van der Waals surface area contributed by atoms with E-state index < -0.39 is 0 Å². The van der Waals surface area contributed by atoms with Crippen molar-refractivity contribution in [2.24, 2.45) is 47.3 Å². The summed E-state index contributed by atoms with van der Waals surface area (Å²) in [7, 11) is 0. The Labute approximate surface area is 748 Å². The van der Waals surface area contributed by atoms with Crippen LogP contribution in [0.3, 0.4) is 0 Å². The minimum atomic E-state index is 0.840. The Morgan fingerprint density at radius 3 is 0.779 bits per heavy atom. The summed E-state index contributed by atoms with van der Waals surface area (Å²) in [6.07, 6.45) is 29.3. The van der Waals surface area contributed by atoms with Gasteiger partial charge >= 0.3 is 0 Å². The Hall–Kier alpha value is -8.84. The quantitative estimate of drug-likeness (QED) is 0.161.